The largest absolute Gasteiger partial charge is 0.383 e. The number of ether oxygens (including phenoxy) is 1. The number of piperidine rings is 1. The number of rotatable bonds is 7. The van der Waals surface area contributed by atoms with Crippen LogP contribution < -0.4 is 5.32 Å². The third kappa shape index (κ3) is 5.50. The van der Waals surface area contributed by atoms with Crippen molar-refractivity contribution in [1.82, 2.24) is 10.2 Å². The minimum atomic E-state index is 0.828. The molecule has 1 aliphatic rings. The summed E-state index contributed by atoms with van der Waals surface area (Å²) in [5, 5.41) is 3.46. The number of methoxy groups -OCH3 is 1. The maximum absolute atomic E-state index is 5.01. The van der Waals surface area contributed by atoms with Crippen molar-refractivity contribution < 1.29 is 4.74 Å². The normalized spacial score (nSPS) is 19.6. The van der Waals surface area contributed by atoms with Gasteiger partial charge in [0.25, 0.3) is 0 Å². The molecule has 0 aliphatic carbocycles. The molecule has 0 aromatic heterocycles. The van der Waals surface area contributed by atoms with Gasteiger partial charge in [-0.05, 0) is 51.4 Å². The van der Waals surface area contributed by atoms with E-state index in [9.17, 15) is 0 Å². The number of hydrogen-bond donors (Lipinski definition) is 1. The summed E-state index contributed by atoms with van der Waals surface area (Å²) in [6, 6.07) is 0. The number of nitrogens with one attached hydrogen (secondary N) is 1. The Morgan fingerprint density at radius 2 is 2.07 bits per heavy atom. The Labute approximate surface area is 94.2 Å². The van der Waals surface area contributed by atoms with Crippen LogP contribution in [0.15, 0.2) is 0 Å². The van der Waals surface area contributed by atoms with Crippen LogP contribution in [-0.2, 0) is 4.74 Å². The second kappa shape index (κ2) is 8.08. The quantitative estimate of drug-likeness (QED) is 0.647. The molecule has 90 valence electrons. The molecule has 0 spiro atoms. The highest BCUT2D eigenvalue weighted by Crippen LogP contribution is 2.16. The summed E-state index contributed by atoms with van der Waals surface area (Å²) in [6.45, 7) is 9.13. The fourth-order valence-corrected chi connectivity index (χ4v) is 2.21. The zero-order chi connectivity index (χ0) is 10.9. The van der Waals surface area contributed by atoms with Crippen molar-refractivity contribution in [1.29, 1.82) is 0 Å². The summed E-state index contributed by atoms with van der Waals surface area (Å²) in [7, 11) is 1.75. The van der Waals surface area contributed by atoms with Gasteiger partial charge in [0, 0.05) is 13.7 Å². The lowest BCUT2D eigenvalue weighted by atomic mass is 9.97. The minimum Gasteiger partial charge on any atom is -0.383 e. The lowest BCUT2D eigenvalue weighted by molar-refractivity contribution is 0.173. The molecule has 3 nitrogen and oxygen atoms in total. The lowest BCUT2D eigenvalue weighted by Gasteiger charge is -2.31. The molecule has 0 aromatic carbocycles. The predicted octanol–water partition coefficient (Wildman–Crippen LogP) is 1.34. The molecular formula is C12H26N2O. The second-order valence-electron chi connectivity index (χ2n) is 4.48. The highest BCUT2D eigenvalue weighted by molar-refractivity contribution is 4.73. The molecular weight excluding hydrogens is 188 g/mol. The Balaban J connectivity index is 1.99. The van der Waals surface area contributed by atoms with Crippen molar-refractivity contribution in [3.8, 4) is 0 Å². The molecule has 3 heteroatoms. The van der Waals surface area contributed by atoms with Crippen LogP contribution in [0.25, 0.3) is 0 Å². The van der Waals surface area contributed by atoms with Gasteiger partial charge in [0.1, 0.15) is 0 Å². The molecule has 1 rings (SSSR count). The molecule has 0 bridgehead atoms. The van der Waals surface area contributed by atoms with Crippen molar-refractivity contribution in [2.24, 2.45) is 5.92 Å². The first-order valence-electron chi connectivity index (χ1n) is 6.28. The number of hydrogen-bond acceptors (Lipinski definition) is 3. The van der Waals surface area contributed by atoms with Gasteiger partial charge in [-0.3, -0.25) is 0 Å². The molecule has 1 aliphatic heterocycles. The molecule has 0 atom stereocenters. The summed E-state index contributed by atoms with van der Waals surface area (Å²) in [6.07, 6.45) is 4.01. The van der Waals surface area contributed by atoms with E-state index in [1.54, 1.807) is 7.11 Å². The second-order valence-corrected chi connectivity index (χ2v) is 4.48. The third-order valence-corrected chi connectivity index (χ3v) is 3.16. The highest BCUT2D eigenvalue weighted by atomic mass is 16.5. The zero-order valence-electron chi connectivity index (χ0n) is 10.3. The first kappa shape index (κ1) is 12.9. The van der Waals surface area contributed by atoms with Crippen LogP contribution in [0.5, 0.6) is 0 Å². The molecule has 0 amide bonds. The van der Waals surface area contributed by atoms with E-state index >= 15 is 0 Å². The summed E-state index contributed by atoms with van der Waals surface area (Å²) in [5.41, 5.74) is 0. The average molecular weight is 214 g/mol. The number of nitrogens with zero attached hydrogens (tertiary/aromatic N) is 1. The average Bonchev–Trinajstić information content (AvgIpc) is 2.27. The molecule has 1 heterocycles. The van der Waals surface area contributed by atoms with Gasteiger partial charge < -0.3 is 15.0 Å². The predicted molar refractivity (Wildman–Crippen MR) is 64.2 cm³/mol. The van der Waals surface area contributed by atoms with Crippen molar-refractivity contribution in [2.45, 2.75) is 26.2 Å². The van der Waals surface area contributed by atoms with Gasteiger partial charge in [0.15, 0.2) is 0 Å². The minimum absolute atomic E-state index is 0.828. The van der Waals surface area contributed by atoms with E-state index in [0.29, 0.717) is 0 Å². The topological polar surface area (TPSA) is 24.5 Å². The standard InChI is InChI=1S/C12H26N2O/c1-3-7-14-8-4-12(5-9-14)11-13-6-10-15-2/h12-13H,3-11H2,1-2H3. The first-order chi connectivity index (χ1) is 7.36. The van der Waals surface area contributed by atoms with Crippen LogP contribution >= 0.6 is 0 Å². The van der Waals surface area contributed by atoms with Gasteiger partial charge in [-0.2, -0.15) is 0 Å². The Bertz CT molecular complexity index is 142. The summed E-state index contributed by atoms with van der Waals surface area (Å²) < 4.78 is 5.01. The fourth-order valence-electron chi connectivity index (χ4n) is 2.21. The van der Waals surface area contributed by atoms with Crippen LogP contribution in [0.3, 0.4) is 0 Å². The molecule has 0 saturated carbocycles. The van der Waals surface area contributed by atoms with Crippen molar-refractivity contribution in [3.63, 3.8) is 0 Å². The molecule has 1 N–H and O–H groups in total. The van der Waals surface area contributed by atoms with E-state index in [4.69, 9.17) is 4.74 Å². The molecule has 1 saturated heterocycles. The van der Waals surface area contributed by atoms with Crippen molar-refractivity contribution >= 4 is 0 Å². The van der Waals surface area contributed by atoms with Crippen LogP contribution in [0, 0.1) is 5.92 Å². The Hall–Kier alpha value is -0.120. The van der Waals surface area contributed by atoms with Gasteiger partial charge in [-0.15, -0.1) is 0 Å². The van der Waals surface area contributed by atoms with Crippen molar-refractivity contribution in [3.05, 3.63) is 0 Å². The van der Waals surface area contributed by atoms with Crippen LogP contribution in [-0.4, -0.2) is 51.3 Å². The van der Waals surface area contributed by atoms with E-state index in [-0.39, 0.29) is 0 Å². The van der Waals surface area contributed by atoms with E-state index in [0.717, 1.165) is 19.1 Å². The van der Waals surface area contributed by atoms with E-state index in [1.165, 1.54) is 45.4 Å². The fraction of sp³-hybridized carbons (Fsp3) is 1.00. The highest BCUT2D eigenvalue weighted by Gasteiger charge is 2.17. The Kier molecular flexibility index (Phi) is 6.98. The molecule has 1 fully saturated rings. The Morgan fingerprint density at radius 1 is 1.33 bits per heavy atom. The van der Waals surface area contributed by atoms with Gasteiger partial charge in [-0.1, -0.05) is 6.92 Å². The van der Waals surface area contributed by atoms with Crippen molar-refractivity contribution in [2.75, 3.05) is 46.4 Å². The maximum Gasteiger partial charge on any atom is 0.0587 e. The van der Waals surface area contributed by atoms with E-state index < -0.39 is 0 Å². The van der Waals surface area contributed by atoms with Crippen LogP contribution in [0.4, 0.5) is 0 Å². The molecule has 0 aromatic rings. The number of likely N-dealkylation sites (tertiary alicyclic amines) is 1. The van der Waals surface area contributed by atoms with Gasteiger partial charge in [-0.25, -0.2) is 0 Å². The van der Waals surface area contributed by atoms with Gasteiger partial charge >= 0.3 is 0 Å². The van der Waals surface area contributed by atoms with Crippen LogP contribution in [0.2, 0.25) is 0 Å². The lowest BCUT2D eigenvalue weighted by Crippen LogP contribution is -2.38. The summed E-state index contributed by atoms with van der Waals surface area (Å²) >= 11 is 0. The molecule has 15 heavy (non-hydrogen) atoms. The summed E-state index contributed by atoms with van der Waals surface area (Å²) in [4.78, 5) is 2.59. The maximum atomic E-state index is 5.01. The third-order valence-electron chi connectivity index (χ3n) is 3.16. The zero-order valence-corrected chi connectivity index (χ0v) is 10.3. The van der Waals surface area contributed by atoms with E-state index in [1.807, 2.05) is 0 Å². The SMILES string of the molecule is CCCN1CCC(CNCCOC)CC1. The first-order valence-corrected chi connectivity index (χ1v) is 6.28. The molecule has 0 unspecified atom stereocenters. The van der Waals surface area contributed by atoms with E-state index in [2.05, 4.69) is 17.1 Å². The Morgan fingerprint density at radius 3 is 2.67 bits per heavy atom. The van der Waals surface area contributed by atoms with Gasteiger partial charge in [0.05, 0.1) is 6.61 Å². The summed E-state index contributed by atoms with van der Waals surface area (Å²) in [5.74, 6) is 0.884. The smallest absolute Gasteiger partial charge is 0.0587 e. The van der Waals surface area contributed by atoms with Crippen LogP contribution in [0.1, 0.15) is 26.2 Å². The monoisotopic (exact) mass is 214 g/mol. The molecule has 0 radical (unpaired) electrons. The van der Waals surface area contributed by atoms with Gasteiger partial charge in [0.2, 0.25) is 0 Å².